The Morgan fingerprint density at radius 1 is 1.03 bits per heavy atom. The third-order valence-corrected chi connectivity index (χ3v) is 6.81. The zero-order valence-electron chi connectivity index (χ0n) is 21.5. The zero-order chi connectivity index (χ0) is 25.9. The van der Waals surface area contributed by atoms with Crippen molar-refractivity contribution in [1.82, 2.24) is 21.3 Å². The van der Waals surface area contributed by atoms with Crippen molar-refractivity contribution in [2.24, 2.45) is 15.6 Å². The van der Waals surface area contributed by atoms with Crippen molar-refractivity contribution in [3.05, 3.63) is 23.8 Å². The molecule has 0 bridgehead atoms. The molecular formula is C23H42N6O3S2. The summed E-state index contributed by atoms with van der Waals surface area (Å²) in [4.78, 5) is 38.1. The number of nitrogens with zero attached hydrogens (tertiary/aromatic N) is 2. The zero-order valence-corrected chi connectivity index (χ0v) is 23.1. The number of nitrogens with one attached hydrogen (secondary N) is 4. The maximum atomic E-state index is 13.3. The lowest BCUT2D eigenvalue weighted by molar-refractivity contribution is -0.131. The lowest BCUT2D eigenvalue weighted by atomic mass is 9.99. The van der Waals surface area contributed by atoms with Crippen molar-refractivity contribution in [2.45, 2.75) is 64.9 Å². The van der Waals surface area contributed by atoms with Crippen LogP contribution >= 0.6 is 23.7 Å². The van der Waals surface area contributed by atoms with E-state index < -0.39 is 12.1 Å². The van der Waals surface area contributed by atoms with Crippen molar-refractivity contribution in [3.8, 4) is 0 Å². The molecule has 0 rings (SSSR count). The average molecular weight is 515 g/mol. The maximum Gasteiger partial charge on any atom is 0.244 e. The van der Waals surface area contributed by atoms with Crippen LogP contribution in [0.25, 0.3) is 0 Å². The number of hydrogen-bond donors (Lipinski definition) is 4. The molecular weight excluding hydrogens is 472 g/mol. The van der Waals surface area contributed by atoms with Gasteiger partial charge in [-0.2, -0.15) is 16.9 Å². The predicted octanol–water partition coefficient (Wildman–Crippen LogP) is 3.06. The largest absolute Gasteiger partial charge is 0.343 e. The van der Waals surface area contributed by atoms with Gasteiger partial charge in [0.25, 0.3) is 0 Å². The maximum absolute atomic E-state index is 13.3. The van der Waals surface area contributed by atoms with E-state index >= 15 is 0 Å². The molecule has 34 heavy (non-hydrogen) atoms. The SMILES string of the molecule is C/C=C\C(=C/CC)C(C)C(NC(=O)[C@H](CSCC)NC(=O)[C@H](CC)NC(=O)CNC)SN=NC. The van der Waals surface area contributed by atoms with E-state index in [0.29, 0.717) is 12.2 Å². The molecule has 9 nitrogen and oxygen atoms in total. The molecule has 0 aliphatic heterocycles. The molecule has 0 aliphatic carbocycles. The van der Waals surface area contributed by atoms with Crippen LogP contribution in [0.1, 0.15) is 47.5 Å². The minimum absolute atomic E-state index is 0.0324. The quantitative estimate of drug-likeness (QED) is 0.102. The van der Waals surface area contributed by atoms with Gasteiger partial charge in [-0.25, -0.2) is 0 Å². The summed E-state index contributed by atoms with van der Waals surface area (Å²) in [5.41, 5.74) is 1.09. The second-order valence-electron chi connectivity index (χ2n) is 7.50. The van der Waals surface area contributed by atoms with Crippen LogP contribution in [0, 0.1) is 5.92 Å². The van der Waals surface area contributed by atoms with Crippen molar-refractivity contribution < 1.29 is 14.4 Å². The summed E-state index contributed by atoms with van der Waals surface area (Å²) in [5, 5.41) is 14.8. The van der Waals surface area contributed by atoms with E-state index in [1.807, 2.05) is 39.8 Å². The van der Waals surface area contributed by atoms with Gasteiger partial charge in [-0.1, -0.05) is 45.9 Å². The first-order valence-corrected chi connectivity index (χ1v) is 13.7. The molecule has 194 valence electrons. The van der Waals surface area contributed by atoms with Gasteiger partial charge in [-0.05, 0) is 38.1 Å². The van der Waals surface area contributed by atoms with Crippen molar-refractivity contribution in [2.75, 3.05) is 32.1 Å². The Morgan fingerprint density at radius 3 is 2.24 bits per heavy atom. The van der Waals surface area contributed by atoms with E-state index in [1.165, 1.54) is 11.9 Å². The van der Waals surface area contributed by atoms with Crippen LogP contribution in [0.2, 0.25) is 0 Å². The molecule has 0 heterocycles. The Labute approximate surface area is 213 Å². The smallest absolute Gasteiger partial charge is 0.244 e. The molecule has 0 aromatic rings. The van der Waals surface area contributed by atoms with Crippen molar-refractivity contribution in [1.29, 1.82) is 0 Å². The lowest BCUT2D eigenvalue weighted by Crippen LogP contribution is -2.56. The first-order valence-electron chi connectivity index (χ1n) is 11.7. The number of allylic oxidation sites excluding steroid dienone is 3. The Morgan fingerprint density at radius 2 is 1.71 bits per heavy atom. The molecule has 0 aromatic heterocycles. The lowest BCUT2D eigenvalue weighted by Gasteiger charge is -2.27. The molecule has 4 atom stereocenters. The van der Waals surface area contributed by atoms with Crippen molar-refractivity contribution >= 4 is 41.4 Å². The van der Waals surface area contributed by atoms with Gasteiger partial charge in [0.2, 0.25) is 17.7 Å². The normalized spacial score (nSPS) is 15.7. The molecule has 4 N–H and O–H groups in total. The number of thioether (sulfide) groups is 1. The van der Waals surface area contributed by atoms with E-state index in [0.717, 1.165) is 17.7 Å². The highest BCUT2D eigenvalue weighted by atomic mass is 32.2. The molecule has 2 unspecified atom stereocenters. The number of hydrogen-bond acceptors (Lipinski definition) is 8. The average Bonchev–Trinajstić information content (AvgIpc) is 2.81. The standard InChI is InChI=1S/C23H42N6O3S2/c1-8-12-17(13-9-2)16(5)23(34-29-25-7)28-22(32)19(15-33-11-4)27-21(31)18(10-3)26-20(30)14-24-6/h8,12-13,16,18-19,23-24H,9-11,14-15H2,1-7H3,(H,26,30)(H,27,31)(H,28,32)/b12-8-,17-13+,29-25?/t16?,18-,19-,23?/m0/s1. The number of likely N-dealkylation sites (N-methyl/N-ethyl adjacent to an activating group) is 1. The highest BCUT2D eigenvalue weighted by molar-refractivity contribution is 7.99. The van der Waals surface area contributed by atoms with Crippen LogP contribution in [0.4, 0.5) is 0 Å². The minimum Gasteiger partial charge on any atom is -0.343 e. The summed E-state index contributed by atoms with van der Waals surface area (Å²) in [5.74, 6) is 0.243. The first kappa shape index (κ1) is 32.1. The van der Waals surface area contributed by atoms with Crippen LogP contribution in [0.3, 0.4) is 0 Å². The van der Waals surface area contributed by atoms with Gasteiger partial charge in [0.1, 0.15) is 17.5 Å². The topological polar surface area (TPSA) is 124 Å². The molecule has 0 aromatic carbocycles. The van der Waals surface area contributed by atoms with Gasteiger partial charge in [-0.3, -0.25) is 14.4 Å². The van der Waals surface area contributed by atoms with Crippen molar-refractivity contribution in [3.63, 3.8) is 0 Å². The molecule has 11 heteroatoms. The van der Waals surface area contributed by atoms with Crippen LogP contribution in [0.15, 0.2) is 33.4 Å². The summed E-state index contributed by atoms with van der Waals surface area (Å²) >= 11 is 2.75. The fourth-order valence-electron chi connectivity index (χ4n) is 3.04. The second kappa shape index (κ2) is 19.5. The van der Waals surface area contributed by atoms with Crippen LogP contribution in [0.5, 0.6) is 0 Å². The Kier molecular flexibility index (Phi) is 18.4. The molecule has 0 radical (unpaired) electrons. The summed E-state index contributed by atoms with van der Waals surface area (Å²) in [6.07, 6.45) is 7.41. The fourth-order valence-corrected chi connectivity index (χ4v) is 4.45. The molecule has 0 fully saturated rings. The number of carbonyl (C=O) groups is 3. The summed E-state index contributed by atoms with van der Waals surface area (Å²) < 4.78 is 4.05. The Hall–Kier alpha value is -1.85. The van der Waals surface area contributed by atoms with Gasteiger partial charge < -0.3 is 21.3 Å². The van der Waals surface area contributed by atoms with E-state index in [-0.39, 0.29) is 35.6 Å². The van der Waals surface area contributed by atoms with E-state index in [2.05, 4.69) is 43.9 Å². The van der Waals surface area contributed by atoms with Gasteiger partial charge >= 0.3 is 0 Å². The molecule has 0 saturated carbocycles. The number of amides is 3. The molecule has 0 saturated heterocycles. The Bertz CT molecular complexity index is 715. The summed E-state index contributed by atoms with van der Waals surface area (Å²) in [7, 11) is 3.24. The summed E-state index contributed by atoms with van der Waals surface area (Å²) in [6.45, 7) is 9.97. The minimum atomic E-state index is -0.748. The monoisotopic (exact) mass is 514 g/mol. The molecule has 0 aliphatic rings. The number of carbonyl (C=O) groups excluding carboxylic acids is 3. The number of rotatable bonds is 17. The molecule has 0 spiro atoms. The van der Waals surface area contributed by atoms with Crippen LogP contribution in [-0.4, -0.2) is 67.3 Å². The summed E-state index contributed by atoms with van der Waals surface area (Å²) in [6, 6.07) is -1.46. The third kappa shape index (κ3) is 12.6. The van der Waals surface area contributed by atoms with Gasteiger partial charge in [0, 0.05) is 30.7 Å². The van der Waals surface area contributed by atoms with Crippen LogP contribution in [-0.2, 0) is 14.4 Å². The predicted molar refractivity (Wildman–Crippen MR) is 144 cm³/mol. The molecule has 3 amide bonds. The van der Waals surface area contributed by atoms with E-state index in [9.17, 15) is 14.4 Å². The third-order valence-electron chi connectivity index (χ3n) is 4.82. The van der Waals surface area contributed by atoms with Gasteiger partial charge in [0.15, 0.2) is 0 Å². The Balaban J connectivity index is 5.61. The second-order valence-corrected chi connectivity index (χ2v) is 9.70. The highest BCUT2D eigenvalue weighted by Crippen LogP contribution is 2.26. The van der Waals surface area contributed by atoms with Gasteiger partial charge in [0.05, 0.1) is 6.54 Å². The first-order chi connectivity index (χ1) is 16.3. The van der Waals surface area contributed by atoms with E-state index in [1.54, 1.807) is 25.9 Å². The highest BCUT2D eigenvalue weighted by Gasteiger charge is 2.29. The van der Waals surface area contributed by atoms with E-state index in [4.69, 9.17) is 0 Å². The van der Waals surface area contributed by atoms with Gasteiger partial charge in [-0.15, -0.1) is 4.52 Å². The fraction of sp³-hybridized carbons (Fsp3) is 0.696. The van der Waals surface area contributed by atoms with Crippen LogP contribution < -0.4 is 21.3 Å².